The van der Waals surface area contributed by atoms with Gasteiger partial charge in [0.15, 0.2) is 0 Å². The molecule has 24 heavy (non-hydrogen) atoms. The topological polar surface area (TPSA) is 46.6 Å². The predicted molar refractivity (Wildman–Crippen MR) is 99.6 cm³/mol. The molecule has 0 heterocycles. The first-order valence-electron chi connectivity index (χ1n) is 10.0. The Labute approximate surface area is 149 Å². The highest BCUT2D eigenvalue weighted by molar-refractivity contribution is 5.69. The molecule has 0 unspecified atom stereocenters. The number of nitrogens with zero attached hydrogens (tertiary/aromatic N) is 1. The molecular formula is C20H38NO3. The summed E-state index contributed by atoms with van der Waals surface area (Å²) in [6.07, 6.45) is 15.8. The van der Waals surface area contributed by atoms with Crippen molar-refractivity contribution >= 4 is 12.4 Å². The van der Waals surface area contributed by atoms with Crippen molar-refractivity contribution in [2.45, 2.75) is 97.3 Å². The molecule has 0 aromatic rings. The average Bonchev–Trinajstić information content (AvgIpc) is 2.59. The van der Waals surface area contributed by atoms with Crippen molar-refractivity contribution in [2.75, 3.05) is 19.7 Å². The molecule has 0 spiro atoms. The molecule has 0 aliphatic heterocycles. The fourth-order valence-corrected chi connectivity index (χ4v) is 2.65. The van der Waals surface area contributed by atoms with Gasteiger partial charge in [-0.3, -0.25) is 9.59 Å². The molecule has 4 heteroatoms. The normalized spacial score (nSPS) is 10.6. The van der Waals surface area contributed by atoms with Gasteiger partial charge in [-0.15, -0.1) is 0 Å². The Balaban J connectivity index is 3.41. The third-order valence-electron chi connectivity index (χ3n) is 4.23. The van der Waals surface area contributed by atoms with Gasteiger partial charge in [0.2, 0.25) is 0 Å². The van der Waals surface area contributed by atoms with Gasteiger partial charge >= 0.3 is 12.4 Å². The van der Waals surface area contributed by atoms with E-state index in [1.54, 1.807) is 4.90 Å². The maximum Gasteiger partial charge on any atom is 0.312 e. The average molecular weight is 341 g/mol. The lowest BCUT2D eigenvalue weighted by atomic mass is 10.1. The Hall–Kier alpha value is -1.06. The Bertz CT molecular complexity index is 295. The van der Waals surface area contributed by atoms with Gasteiger partial charge in [0.1, 0.15) is 0 Å². The van der Waals surface area contributed by atoms with E-state index in [2.05, 4.69) is 13.8 Å². The number of rotatable bonds is 18. The number of amides is 1. The van der Waals surface area contributed by atoms with E-state index in [1.807, 2.05) is 6.41 Å². The number of esters is 1. The van der Waals surface area contributed by atoms with Crippen LogP contribution in [0.4, 0.5) is 0 Å². The van der Waals surface area contributed by atoms with E-state index in [0.717, 1.165) is 58.0 Å². The van der Waals surface area contributed by atoms with Gasteiger partial charge in [0.25, 0.3) is 0 Å². The first-order valence-corrected chi connectivity index (χ1v) is 10.0. The van der Waals surface area contributed by atoms with Crippen molar-refractivity contribution < 1.29 is 14.3 Å². The molecule has 4 nitrogen and oxygen atoms in total. The van der Waals surface area contributed by atoms with Gasteiger partial charge in [0.05, 0.1) is 6.61 Å². The van der Waals surface area contributed by atoms with Gasteiger partial charge in [-0.05, 0) is 25.7 Å². The Morgan fingerprint density at radius 3 is 1.92 bits per heavy atom. The van der Waals surface area contributed by atoms with Crippen LogP contribution in [0.15, 0.2) is 0 Å². The molecule has 0 aliphatic carbocycles. The number of ether oxygens (including phenoxy) is 1. The molecule has 0 saturated heterocycles. The summed E-state index contributed by atoms with van der Waals surface area (Å²) in [6.45, 7) is 6.54. The van der Waals surface area contributed by atoms with Crippen LogP contribution >= 0.6 is 0 Å². The molecule has 0 atom stereocenters. The Morgan fingerprint density at radius 2 is 1.33 bits per heavy atom. The first kappa shape index (κ1) is 22.9. The fourth-order valence-electron chi connectivity index (χ4n) is 2.65. The minimum absolute atomic E-state index is 0.0646. The number of hydrogen-bond donors (Lipinski definition) is 0. The van der Waals surface area contributed by atoms with Crippen LogP contribution in [-0.4, -0.2) is 37.0 Å². The summed E-state index contributed by atoms with van der Waals surface area (Å²) < 4.78 is 5.22. The van der Waals surface area contributed by atoms with E-state index < -0.39 is 0 Å². The van der Waals surface area contributed by atoms with Crippen molar-refractivity contribution in [2.24, 2.45) is 0 Å². The van der Waals surface area contributed by atoms with Crippen LogP contribution in [-0.2, 0) is 14.3 Å². The van der Waals surface area contributed by atoms with E-state index in [-0.39, 0.29) is 5.97 Å². The lowest BCUT2D eigenvalue weighted by Crippen LogP contribution is -2.24. The van der Waals surface area contributed by atoms with Crippen LogP contribution in [0.5, 0.6) is 0 Å². The lowest BCUT2D eigenvalue weighted by Gasteiger charge is -2.15. The van der Waals surface area contributed by atoms with Gasteiger partial charge in [-0.2, -0.15) is 0 Å². The van der Waals surface area contributed by atoms with Crippen LogP contribution < -0.4 is 0 Å². The highest BCUT2D eigenvalue weighted by atomic mass is 16.5. The summed E-state index contributed by atoms with van der Waals surface area (Å²) in [5.74, 6) is -0.0646. The van der Waals surface area contributed by atoms with Crippen LogP contribution in [0.1, 0.15) is 97.3 Å². The Morgan fingerprint density at radius 1 is 0.792 bits per heavy atom. The van der Waals surface area contributed by atoms with E-state index in [0.29, 0.717) is 13.0 Å². The molecule has 0 aliphatic rings. The van der Waals surface area contributed by atoms with Crippen molar-refractivity contribution in [3.05, 3.63) is 0 Å². The van der Waals surface area contributed by atoms with Gasteiger partial charge in [-0.1, -0.05) is 65.2 Å². The molecule has 0 aromatic heterocycles. The summed E-state index contributed by atoms with van der Waals surface area (Å²) >= 11 is 0. The molecule has 141 valence electrons. The zero-order valence-corrected chi connectivity index (χ0v) is 16.0. The number of carbonyl (C=O) groups is 1. The van der Waals surface area contributed by atoms with Crippen LogP contribution in [0.3, 0.4) is 0 Å². The van der Waals surface area contributed by atoms with Crippen molar-refractivity contribution in [1.29, 1.82) is 0 Å². The van der Waals surface area contributed by atoms with E-state index in [4.69, 9.17) is 4.74 Å². The summed E-state index contributed by atoms with van der Waals surface area (Å²) in [5, 5.41) is 0. The molecule has 1 amide bonds. The smallest absolute Gasteiger partial charge is 0.312 e. The van der Waals surface area contributed by atoms with Gasteiger partial charge in [0, 0.05) is 19.5 Å². The van der Waals surface area contributed by atoms with Crippen molar-refractivity contribution in [3.63, 3.8) is 0 Å². The molecule has 0 bridgehead atoms. The van der Waals surface area contributed by atoms with Crippen LogP contribution in [0.25, 0.3) is 0 Å². The quantitative estimate of drug-likeness (QED) is 0.200. The summed E-state index contributed by atoms with van der Waals surface area (Å²) in [5.41, 5.74) is 0. The van der Waals surface area contributed by atoms with Crippen LogP contribution in [0, 0.1) is 0 Å². The minimum atomic E-state index is -0.0646. The fraction of sp³-hybridized carbons (Fsp3) is 0.900. The summed E-state index contributed by atoms with van der Waals surface area (Å²) in [7, 11) is 0. The van der Waals surface area contributed by atoms with E-state index in [9.17, 15) is 9.59 Å². The third-order valence-corrected chi connectivity index (χ3v) is 4.23. The number of hydrogen-bond acceptors (Lipinski definition) is 3. The standard InChI is InChI=1S/C20H38NO3/c1-3-5-7-12-16-21(19-22)17-13-10-9-11-15-20(23)24-18-14-8-6-4-2/h3-18H2,1-2H3. The molecule has 0 fully saturated rings. The van der Waals surface area contributed by atoms with Crippen molar-refractivity contribution in [3.8, 4) is 0 Å². The molecule has 0 aromatic carbocycles. The minimum Gasteiger partial charge on any atom is -0.466 e. The summed E-state index contributed by atoms with van der Waals surface area (Å²) in [4.78, 5) is 24.2. The molecule has 0 saturated carbocycles. The van der Waals surface area contributed by atoms with Gasteiger partial charge in [-0.25, -0.2) is 0 Å². The highest BCUT2D eigenvalue weighted by Crippen LogP contribution is 2.07. The number of carbonyl (C=O) groups excluding carboxylic acids is 2. The first-order chi connectivity index (χ1) is 11.7. The largest absolute Gasteiger partial charge is 0.466 e. The second-order valence-corrected chi connectivity index (χ2v) is 6.58. The monoisotopic (exact) mass is 340 g/mol. The highest BCUT2D eigenvalue weighted by Gasteiger charge is 2.04. The van der Waals surface area contributed by atoms with Crippen LogP contribution in [0.2, 0.25) is 0 Å². The zero-order chi connectivity index (χ0) is 17.9. The maximum atomic E-state index is 11.6. The lowest BCUT2D eigenvalue weighted by molar-refractivity contribution is -0.143. The maximum absolute atomic E-state index is 11.6. The summed E-state index contributed by atoms with van der Waals surface area (Å²) in [6, 6.07) is 0. The second-order valence-electron chi connectivity index (χ2n) is 6.58. The SMILES string of the molecule is CCCCCCOC(=O)CCCCCCN([C]=O)CCCCCC. The predicted octanol–water partition coefficient (Wildman–Crippen LogP) is 5.01. The Kier molecular flexibility index (Phi) is 17.5. The molecule has 0 rings (SSSR count). The second kappa shape index (κ2) is 18.3. The van der Waals surface area contributed by atoms with Crippen molar-refractivity contribution in [1.82, 2.24) is 4.90 Å². The van der Waals surface area contributed by atoms with Gasteiger partial charge < -0.3 is 9.64 Å². The molecule has 0 N–H and O–H groups in total. The van der Waals surface area contributed by atoms with E-state index in [1.165, 1.54) is 32.1 Å². The van der Waals surface area contributed by atoms with E-state index >= 15 is 0 Å². The zero-order valence-electron chi connectivity index (χ0n) is 16.0. The number of unbranched alkanes of at least 4 members (excludes halogenated alkanes) is 9. The third kappa shape index (κ3) is 15.8. The molecule has 1 radical (unpaired) electrons. The molecular weight excluding hydrogens is 302 g/mol.